The Hall–Kier alpha value is -3.29. The van der Waals surface area contributed by atoms with Gasteiger partial charge in [0, 0.05) is 24.8 Å². The van der Waals surface area contributed by atoms with Crippen molar-refractivity contribution in [2.45, 2.75) is 12.6 Å². The molecule has 0 saturated heterocycles. The minimum Gasteiger partial charge on any atom is -0.491 e. The summed E-state index contributed by atoms with van der Waals surface area (Å²) in [5.74, 6) is 0.361. The molecule has 0 radical (unpaired) electrons. The first-order chi connectivity index (χ1) is 14.2. The molecule has 2 aromatic heterocycles. The maximum absolute atomic E-state index is 12.9. The van der Waals surface area contributed by atoms with Crippen LogP contribution in [0.1, 0.15) is 5.56 Å². The third-order valence-electron chi connectivity index (χ3n) is 4.42. The quantitative estimate of drug-likeness (QED) is 0.477. The molecular weight excluding hydrogens is 373 g/mol. The van der Waals surface area contributed by atoms with E-state index in [9.17, 15) is 9.50 Å². The molecule has 2 N–H and O–H groups in total. The summed E-state index contributed by atoms with van der Waals surface area (Å²) >= 11 is 0. The number of fused-ring (bicyclic) bond motifs is 1. The van der Waals surface area contributed by atoms with Crippen molar-refractivity contribution in [1.82, 2.24) is 15.5 Å². The molecule has 0 aliphatic carbocycles. The summed E-state index contributed by atoms with van der Waals surface area (Å²) in [5, 5.41) is 18.2. The normalized spacial score (nSPS) is 12.2. The number of nitrogens with one attached hydrogen (secondary N) is 1. The van der Waals surface area contributed by atoms with E-state index in [2.05, 4.69) is 15.5 Å². The molecule has 148 valence electrons. The van der Waals surface area contributed by atoms with Gasteiger partial charge in [0.2, 0.25) is 0 Å². The smallest absolute Gasteiger partial charge is 0.258 e. The predicted octanol–water partition coefficient (Wildman–Crippen LogP) is 3.56. The van der Waals surface area contributed by atoms with E-state index < -0.39 is 6.10 Å². The highest BCUT2D eigenvalue weighted by Crippen LogP contribution is 2.28. The van der Waals surface area contributed by atoms with Crippen LogP contribution in [0.15, 0.2) is 71.4 Å². The minimum atomic E-state index is -0.684. The molecule has 0 amide bonds. The van der Waals surface area contributed by atoms with E-state index >= 15 is 0 Å². The Morgan fingerprint density at radius 3 is 2.83 bits per heavy atom. The second-order valence-electron chi connectivity index (χ2n) is 6.64. The lowest BCUT2D eigenvalue weighted by Gasteiger charge is -2.14. The molecule has 0 saturated carbocycles. The van der Waals surface area contributed by atoms with Gasteiger partial charge < -0.3 is 19.7 Å². The van der Waals surface area contributed by atoms with E-state index in [-0.39, 0.29) is 12.4 Å². The fourth-order valence-corrected chi connectivity index (χ4v) is 2.96. The van der Waals surface area contributed by atoms with Gasteiger partial charge in [-0.05, 0) is 42.0 Å². The Morgan fingerprint density at radius 1 is 1.10 bits per heavy atom. The number of hydrogen-bond donors (Lipinski definition) is 2. The lowest BCUT2D eigenvalue weighted by molar-refractivity contribution is 0.106. The molecule has 0 aliphatic rings. The number of hydrogen-bond acceptors (Lipinski definition) is 6. The summed E-state index contributed by atoms with van der Waals surface area (Å²) in [6.07, 6.45) is 0.971. The molecule has 0 fully saturated rings. The third-order valence-corrected chi connectivity index (χ3v) is 4.42. The van der Waals surface area contributed by atoms with Gasteiger partial charge in [-0.1, -0.05) is 29.4 Å². The molecule has 1 atom stereocenters. The monoisotopic (exact) mass is 393 g/mol. The first-order valence-corrected chi connectivity index (χ1v) is 9.26. The third kappa shape index (κ3) is 4.77. The van der Waals surface area contributed by atoms with Crippen molar-refractivity contribution >= 4 is 11.1 Å². The fourth-order valence-electron chi connectivity index (χ4n) is 2.96. The Labute approximate surface area is 166 Å². The Balaban J connectivity index is 1.32. The number of aromatic nitrogens is 2. The molecule has 7 heteroatoms. The van der Waals surface area contributed by atoms with Gasteiger partial charge in [-0.15, -0.1) is 0 Å². The van der Waals surface area contributed by atoms with Crippen LogP contribution in [0.3, 0.4) is 0 Å². The minimum absolute atomic E-state index is 0.140. The number of nitrogens with zero attached hydrogens (tertiary/aromatic N) is 2. The zero-order valence-corrected chi connectivity index (χ0v) is 15.6. The SMILES string of the molecule is O[C@H](CNCc1ccc(F)cc1)COc1cccc(-c2noc3ncccc23)c1. The summed E-state index contributed by atoms with van der Waals surface area (Å²) in [4.78, 5) is 4.15. The van der Waals surface area contributed by atoms with Gasteiger partial charge in [0.15, 0.2) is 0 Å². The molecular formula is C22H20FN3O3. The van der Waals surface area contributed by atoms with Crippen LogP contribution in [0.25, 0.3) is 22.4 Å². The van der Waals surface area contributed by atoms with Crippen molar-refractivity contribution in [3.63, 3.8) is 0 Å². The number of rotatable bonds is 8. The van der Waals surface area contributed by atoms with Gasteiger partial charge in [-0.3, -0.25) is 0 Å². The van der Waals surface area contributed by atoms with Gasteiger partial charge in [-0.2, -0.15) is 0 Å². The summed E-state index contributed by atoms with van der Waals surface area (Å²) < 4.78 is 23.9. The van der Waals surface area contributed by atoms with Crippen molar-refractivity contribution in [2.75, 3.05) is 13.2 Å². The van der Waals surface area contributed by atoms with E-state index in [0.29, 0.717) is 30.2 Å². The van der Waals surface area contributed by atoms with Crippen LogP contribution < -0.4 is 10.1 Å². The lowest BCUT2D eigenvalue weighted by atomic mass is 10.1. The first-order valence-electron chi connectivity index (χ1n) is 9.26. The molecule has 2 heterocycles. The number of aliphatic hydroxyl groups is 1. The lowest BCUT2D eigenvalue weighted by Crippen LogP contribution is -2.31. The predicted molar refractivity (Wildman–Crippen MR) is 107 cm³/mol. The number of halogens is 1. The van der Waals surface area contributed by atoms with E-state index in [1.54, 1.807) is 18.3 Å². The zero-order chi connectivity index (χ0) is 20.1. The van der Waals surface area contributed by atoms with Crippen molar-refractivity contribution in [3.05, 3.63) is 78.2 Å². The molecule has 0 bridgehead atoms. The second kappa shape index (κ2) is 8.81. The van der Waals surface area contributed by atoms with Crippen LogP contribution in [-0.4, -0.2) is 34.5 Å². The average Bonchev–Trinajstić information content (AvgIpc) is 3.18. The molecule has 0 spiro atoms. The Bertz CT molecular complexity index is 1080. The van der Waals surface area contributed by atoms with E-state index in [1.807, 2.05) is 36.4 Å². The zero-order valence-electron chi connectivity index (χ0n) is 15.6. The van der Waals surface area contributed by atoms with Crippen LogP contribution in [-0.2, 0) is 6.54 Å². The largest absolute Gasteiger partial charge is 0.491 e. The van der Waals surface area contributed by atoms with Gasteiger partial charge >= 0.3 is 0 Å². The first kappa shape index (κ1) is 19.0. The second-order valence-corrected chi connectivity index (χ2v) is 6.64. The molecule has 4 rings (SSSR count). The van der Waals surface area contributed by atoms with Crippen molar-refractivity contribution in [3.8, 4) is 17.0 Å². The molecule has 29 heavy (non-hydrogen) atoms. The van der Waals surface area contributed by atoms with Gasteiger partial charge in [0.05, 0.1) is 5.39 Å². The summed E-state index contributed by atoms with van der Waals surface area (Å²) in [7, 11) is 0. The van der Waals surface area contributed by atoms with E-state index in [0.717, 1.165) is 16.5 Å². The van der Waals surface area contributed by atoms with Gasteiger partial charge in [0.25, 0.3) is 5.71 Å². The van der Waals surface area contributed by atoms with Crippen LogP contribution in [0.2, 0.25) is 0 Å². The standard InChI is InChI=1S/C22H20FN3O3/c23-17-8-6-15(7-9-17)12-24-13-18(27)14-28-19-4-1-3-16(11-19)21-20-5-2-10-25-22(20)29-26-21/h1-11,18,24,27H,12-14H2/t18-/m1/s1. The molecule has 0 aliphatic heterocycles. The topological polar surface area (TPSA) is 80.4 Å². The summed E-state index contributed by atoms with van der Waals surface area (Å²) in [5.41, 5.74) is 2.97. The highest BCUT2D eigenvalue weighted by molar-refractivity contribution is 5.89. The maximum atomic E-state index is 12.9. The Morgan fingerprint density at radius 2 is 1.97 bits per heavy atom. The average molecular weight is 393 g/mol. The number of aliphatic hydroxyl groups excluding tert-OH is 1. The highest BCUT2D eigenvalue weighted by atomic mass is 19.1. The fraction of sp³-hybridized carbons (Fsp3) is 0.182. The number of ether oxygens (including phenoxy) is 1. The molecule has 4 aromatic rings. The van der Waals surface area contributed by atoms with Gasteiger partial charge in [-0.25, -0.2) is 9.37 Å². The molecule has 6 nitrogen and oxygen atoms in total. The van der Waals surface area contributed by atoms with Crippen LogP contribution >= 0.6 is 0 Å². The highest BCUT2D eigenvalue weighted by Gasteiger charge is 2.12. The molecule has 2 aromatic carbocycles. The summed E-state index contributed by atoms with van der Waals surface area (Å²) in [6.45, 7) is 1.04. The number of benzene rings is 2. The van der Waals surface area contributed by atoms with Gasteiger partial charge in [0.1, 0.15) is 30.0 Å². The van der Waals surface area contributed by atoms with Crippen molar-refractivity contribution in [2.24, 2.45) is 0 Å². The van der Waals surface area contributed by atoms with Crippen molar-refractivity contribution in [1.29, 1.82) is 0 Å². The van der Waals surface area contributed by atoms with Crippen LogP contribution in [0.5, 0.6) is 5.75 Å². The van der Waals surface area contributed by atoms with Crippen LogP contribution in [0, 0.1) is 5.82 Å². The summed E-state index contributed by atoms with van der Waals surface area (Å²) in [6, 6.07) is 17.4. The van der Waals surface area contributed by atoms with E-state index in [4.69, 9.17) is 9.26 Å². The maximum Gasteiger partial charge on any atom is 0.258 e. The Kier molecular flexibility index (Phi) is 5.79. The number of pyridine rings is 1. The molecule has 0 unspecified atom stereocenters. The van der Waals surface area contributed by atoms with Crippen LogP contribution in [0.4, 0.5) is 4.39 Å². The van der Waals surface area contributed by atoms with E-state index in [1.165, 1.54) is 12.1 Å². The van der Waals surface area contributed by atoms with Crippen molar-refractivity contribution < 1.29 is 18.8 Å².